The van der Waals surface area contributed by atoms with E-state index in [2.05, 4.69) is 10.3 Å². The maximum atomic E-state index is 12.4. The molecule has 124 valence electrons. The van der Waals surface area contributed by atoms with Gasteiger partial charge in [0.2, 0.25) is 5.91 Å². The second kappa shape index (κ2) is 7.19. The highest BCUT2D eigenvalue weighted by atomic mass is 32.2. The normalized spacial score (nSPS) is 10.9. The Morgan fingerprint density at radius 2 is 2.21 bits per heavy atom. The van der Waals surface area contributed by atoms with Gasteiger partial charge in [-0.25, -0.2) is 4.98 Å². The Kier molecular flexibility index (Phi) is 5.01. The van der Waals surface area contributed by atoms with Crippen molar-refractivity contribution in [1.29, 1.82) is 0 Å². The van der Waals surface area contributed by atoms with Crippen LogP contribution in [0.1, 0.15) is 12.5 Å². The molecule has 5 nitrogen and oxygen atoms in total. The van der Waals surface area contributed by atoms with Crippen LogP contribution in [0.5, 0.6) is 0 Å². The van der Waals surface area contributed by atoms with Crippen molar-refractivity contribution in [3.63, 3.8) is 0 Å². The van der Waals surface area contributed by atoms with Gasteiger partial charge in [-0.3, -0.25) is 14.2 Å². The van der Waals surface area contributed by atoms with Gasteiger partial charge in [0.15, 0.2) is 5.16 Å². The molecule has 0 aliphatic rings. The third-order valence-electron chi connectivity index (χ3n) is 3.48. The van der Waals surface area contributed by atoms with Crippen molar-refractivity contribution in [2.75, 3.05) is 11.1 Å². The summed E-state index contributed by atoms with van der Waals surface area (Å²) >= 11 is 2.68. The van der Waals surface area contributed by atoms with E-state index in [0.717, 1.165) is 11.3 Å². The van der Waals surface area contributed by atoms with Gasteiger partial charge >= 0.3 is 0 Å². The van der Waals surface area contributed by atoms with Gasteiger partial charge in [-0.2, -0.15) is 0 Å². The molecule has 0 unspecified atom stereocenters. The summed E-state index contributed by atoms with van der Waals surface area (Å²) in [7, 11) is 0. The number of thioether (sulfide) groups is 1. The molecule has 0 aliphatic heterocycles. The van der Waals surface area contributed by atoms with Crippen molar-refractivity contribution in [2.45, 2.75) is 25.5 Å². The standard InChI is InChI=1S/C17H17N3O2S2/c1-3-20-16(22)15-13(7-8-23-15)19-17(20)24-10-14(21)18-12-6-4-5-11(2)9-12/h4-9H,3,10H2,1-2H3,(H,18,21). The van der Waals surface area contributed by atoms with E-state index in [4.69, 9.17) is 0 Å². The molecule has 0 aliphatic carbocycles. The van der Waals surface area contributed by atoms with E-state index >= 15 is 0 Å². The number of nitrogens with zero attached hydrogens (tertiary/aromatic N) is 2. The molecule has 2 aromatic heterocycles. The van der Waals surface area contributed by atoms with Crippen LogP contribution in [-0.2, 0) is 11.3 Å². The minimum Gasteiger partial charge on any atom is -0.325 e. The number of benzene rings is 1. The van der Waals surface area contributed by atoms with Gasteiger partial charge in [0.25, 0.3) is 5.56 Å². The van der Waals surface area contributed by atoms with Crippen LogP contribution in [0.2, 0.25) is 0 Å². The van der Waals surface area contributed by atoms with E-state index in [9.17, 15) is 9.59 Å². The molecule has 0 saturated carbocycles. The molecule has 7 heteroatoms. The van der Waals surface area contributed by atoms with E-state index in [1.165, 1.54) is 23.1 Å². The molecule has 1 amide bonds. The molecule has 24 heavy (non-hydrogen) atoms. The fraction of sp³-hybridized carbons (Fsp3) is 0.235. The number of amides is 1. The summed E-state index contributed by atoms with van der Waals surface area (Å²) in [4.78, 5) is 29.1. The number of nitrogens with one attached hydrogen (secondary N) is 1. The number of aryl methyl sites for hydroxylation is 1. The molecule has 1 aromatic carbocycles. The lowest BCUT2D eigenvalue weighted by atomic mass is 10.2. The van der Waals surface area contributed by atoms with Crippen molar-refractivity contribution in [2.24, 2.45) is 0 Å². The maximum absolute atomic E-state index is 12.4. The molecular weight excluding hydrogens is 342 g/mol. The zero-order chi connectivity index (χ0) is 17.1. The Balaban J connectivity index is 1.75. The quantitative estimate of drug-likeness (QED) is 0.559. The molecule has 3 aromatic rings. The second-order valence-electron chi connectivity index (χ2n) is 5.29. The molecule has 3 rings (SSSR count). The summed E-state index contributed by atoms with van der Waals surface area (Å²) in [5.41, 5.74) is 2.51. The summed E-state index contributed by atoms with van der Waals surface area (Å²) in [5.74, 6) is 0.0867. The maximum Gasteiger partial charge on any atom is 0.272 e. The Morgan fingerprint density at radius 1 is 1.38 bits per heavy atom. The number of anilines is 1. The van der Waals surface area contributed by atoms with Gasteiger partial charge in [-0.05, 0) is 43.0 Å². The van der Waals surface area contributed by atoms with E-state index in [-0.39, 0.29) is 17.2 Å². The van der Waals surface area contributed by atoms with Crippen LogP contribution in [0, 0.1) is 6.92 Å². The first-order valence-electron chi connectivity index (χ1n) is 7.56. The molecule has 0 atom stereocenters. The smallest absolute Gasteiger partial charge is 0.272 e. The fourth-order valence-corrected chi connectivity index (χ4v) is 4.00. The topological polar surface area (TPSA) is 64.0 Å². The fourth-order valence-electron chi connectivity index (χ4n) is 2.36. The molecule has 0 fully saturated rings. The van der Waals surface area contributed by atoms with Crippen LogP contribution in [0.15, 0.2) is 45.7 Å². The van der Waals surface area contributed by atoms with E-state index in [0.29, 0.717) is 21.9 Å². The minimum atomic E-state index is -0.118. The number of aromatic nitrogens is 2. The highest BCUT2D eigenvalue weighted by molar-refractivity contribution is 7.99. The van der Waals surface area contributed by atoms with Crippen molar-refractivity contribution < 1.29 is 4.79 Å². The van der Waals surface area contributed by atoms with Crippen molar-refractivity contribution in [1.82, 2.24) is 9.55 Å². The Hall–Kier alpha value is -2.12. The third-order valence-corrected chi connectivity index (χ3v) is 5.35. The van der Waals surface area contributed by atoms with E-state index in [1.807, 2.05) is 49.6 Å². The zero-order valence-electron chi connectivity index (χ0n) is 13.4. The van der Waals surface area contributed by atoms with Crippen molar-refractivity contribution >= 4 is 44.9 Å². The summed E-state index contributed by atoms with van der Waals surface area (Å²) in [6.07, 6.45) is 0. The average Bonchev–Trinajstić information content (AvgIpc) is 3.02. The molecule has 0 spiro atoms. The van der Waals surface area contributed by atoms with Gasteiger partial charge in [-0.15, -0.1) is 11.3 Å². The number of carbonyl (C=O) groups excluding carboxylic acids is 1. The summed E-state index contributed by atoms with van der Waals surface area (Å²) in [5, 5.41) is 5.30. The summed E-state index contributed by atoms with van der Waals surface area (Å²) in [6.45, 7) is 4.41. The van der Waals surface area contributed by atoms with Crippen LogP contribution in [0.4, 0.5) is 5.69 Å². The summed E-state index contributed by atoms with van der Waals surface area (Å²) < 4.78 is 2.27. The van der Waals surface area contributed by atoms with Gasteiger partial charge in [0.05, 0.1) is 11.3 Å². The van der Waals surface area contributed by atoms with Gasteiger partial charge in [0, 0.05) is 12.2 Å². The molecule has 2 heterocycles. The number of hydrogen-bond donors (Lipinski definition) is 1. The predicted molar refractivity (Wildman–Crippen MR) is 100 cm³/mol. The number of hydrogen-bond acceptors (Lipinski definition) is 5. The third kappa shape index (κ3) is 3.52. The Labute approximate surface area is 147 Å². The van der Waals surface area contributed by atoms with Crippen molar-refractivity contribution in [3.05, 3.63) is 51.6 Å². The van der Waals surface area contributed by atoms with Crippen LogP contribution in [-0.4, -0.2) is 21.2 Å². The summed E-state index contributed by atoms with van der Waals surface area (Å²) in [6, 6.07) is 9.48. The molecule has 0 saturated heterocycles. The second-order valence-corrected chi connectivity index (χ2v) is 7.14. The first kappa shape index (κ1) is 16.7. The molecule has 0 radical (unpaired) electrons. The van der Waals surface area contributed by atoms with Crippen LogP contribution < -0.4 is 10.9 Å². The Morgan fingerprint density at radius 3 is 2.96 bits per heavy atom. The van der Waals surface area contributed by atoms with Gasteiger partial charge in [0.1, 0.15) is 4.70 Å². The number of fused-ring (bicyclic) bond motifs is 1. The first-order chi connectivity index (χ1) is 11.6. The molecule has 0 bridgehead atoms. The van der Waals surface area contributed by atoms with Crippen LogP contribution in [0.3, 0.4) is 0 Å². The van der Waals surface area contributed by atoms with Gasteiger partial charge in [-0.1, -0.05) is 23.9 Å². The largest absolute Gasteiger partial charge is 0.325 e. The lowest BCUT2D eigenvalue weighted by Crippen LogP contribution is -2.22. The van der Waals surface area contributed by atoms with Crippen molar-refractivity contribution in [3.8, 4) is 0 Å². The van der Waals surface area contributed by atoms with E-state index < -0.39 is 0 Å². The number of carbonyl (C=O) groups is 1. The highest BCUT2D eigenvalue weighted by Gasteiger charge is 2.13. The average molecular weight is 359 g/mol. The van der Waals surface area contributed by atoms with Crippen LogP contribution >= 0.6 is 23.1 Å². The molecular formula is C17H17N3O2S2. The predicted octanol–water partition coefficient (Wildman–Crippen LogP) is 3.52. The van der Waals surface area contributed by atoms with Gasteiger partial charge < -0.3 is 5.32 Å². The number of rotatable bonds is 5. The zero-order valence-corrected chi connectivity index (χ0v) is 15.0. The minimum absolute atomic E-state index is 0.0425. The van der Waals surface area contributed by atoms with Crippen LogP contribution in [0.25, 0.3) is 10.2 Å². The number of thiophene rings is 1. The lowest BCUT2D eigenvalue weighted by Gasteiger charge is -2.10. The van der Waals surface area contributed by atoms with E-state index in [1.54, 1.807) is 4.57 Å². The highest BCUT2D eigenvalue weighted by Crippen LogP contribution is 2.21. The molecule has 1 N–H and O–H groups in total. The monoisotopic (exact) mass is 359 g/mol. The Bertz CT molecular complexity index is 946. The lowest BCUT2D eigenvalue weighted by molar-refractivity contribution is -0.113. The first-order valence-corrected chi connectivity index (χ1v) is 9.42. The SMILES string of the molecule is CCn1c(SCC(=O)Nc2cccc(C)c2)nc2ccsc2c1=O.